The highest BCUT2D eigenvalue weighted by Crippen LogP contribution is 2.18. The monoisotopic (exact) mass is 209 g/mol. The van der Waals surface area contributed by atoms with Crippen LogP contribution in [0.2, 0.25) is 0 Å². The van der Waals surface area contributed by atoms with E-state index < -0.39 is 0 Å². The van der Waals surface area contributed by atoms with Gasteiger partial charge < -0.3 is 15.0 Å². The largest absolute Gasteiger partial charge is 0.381 e. The van der Waals surface area contributed by atoms with Gasteiger partial charge in [0.15, 0.2) is 0 Å². The lowest BCUT2D eigenvalue weighted by molar-refractivity contribution is 0.0480. The van der Waals surface area contributed by atoms with Crippen molar-refractivity contribution in [3.05, 3.63) is 18.2 Å². The molecule has 15 heavy (non-hydrogen) atoms. The van der Waals surface area contributed by atoms with Gasteiger partial charge in [-0.1, -0.05) is 0 Å². The maximum Gasteiger partial charge on any atom is 0.0948 e. The van der Waals surface area contributed by atoms with Crippen LogP contribution in [0.1, 0.15) is 31.5 Å². The summed E-state index contributed by atoms with van der Waals surface area (Å²) in [5.74, 6) is 0.616. The first kappa shape index (κ1) is 10.6. The minimum absolute atomic E-state index is 0.0528. The third-order valence-corrected chi connectivity index (χ3v) is 2.92. The quantitative estimate of drug-likeness (QED) is 0.817. The van der Waals surface area contributed by atoms with Gasteiger partial charge in [-0.05, 0) is 19.8 Å². The molecule has 2 atom stereocenters. The Kier molecular flexibility index (Phi) is 3.38. The molecule has 1 unspecified atom stereocenters. The van der Waals surface area contributed by atoms with Crippen LogP contribution in [0.4, 0.5) is 0 Å². The van der Waals surface area contributed by atoms with Crippen molar-refractivity contribution in [2.24, 2.45) is 11.7 Å². The molecule has 0 spiro atoms. The molecule has 2 N–H and O–H groups in total. The summed E-state index contributed by atoms with van der Waals surface area (Å²) >= 11 is 0. The van der Waals surface area contributed by atoms with Crippen molar-refractivity contribution in [2.75, 3.05) is 13.2 Å². The molecule has 1 aromatic heterocycles. The molecular formula is C11H19N3O. The number of nitrogens with zero attached hydrogens (tertiary/aromatic N) is 2. The molecule has 0 radical (unpaired) electrons. The molecule has 1 saturated heterocycles. The zero-order chi connectivity index (χ0) is 10.7. The normalized spacial score (nSPS) is 24.0. The van der Waals surface area contributed by atoms with E-state index in [1.165, 1.54) is 12.8 Å². The van der Waals surface area contributed by atoms with Crippen molar-refractivity contribution >= 4 is 0 Å². The highest BCUT2D eigenvalue weighted by Gasteiger charge is 2.16. The summed E-state index contributed by atoms with van der Waals surface area (Å²) in [6, 6.07) is 0.0528. The standard InChI is InChI=1S/C11H19N3O/c1-9(12)11-5-13-8-14(11)6-10-3-2-4-15-7-10/h5,8-10H,2-4,6-7,12H2,1H3/t9-,10?/m0/s1. The fourth-order valence-electron chi connectivity index (χ4n) is 2.09. The van der Waals surface area contributed by atoms with E-state index in [4.69, 9.17) is 10.5 Å². The maximum atomic E-state index is 5.87. The van der Waals surface area contributed by atoms with Gasteiger partial charge in [-0.3, -0.25) is 0 Å². The van der Waals surface area contributed by atoms with E-state index in [0.29, 0.717) is 5.92 Å². The first-order valence-electron chi connectivity index (χ1n) is 5.60. The van der Waals surface area contributed by atoms with Crippen LogP contribution in [0.5, 0.6) is 0 Å². The highest BCUT2D eigenvalue weighted by molar-refractivity contribution is 5.03. The summed E-state index contributed by atoms with van der Waals surface area (Å²) in [5.41, 5.74) is 6.98. The van der Waals surface area contributed by atoms with E-state index in [0.717, 1.165) is 25.5 Å². The van der Waals surface area contributed by atoms with Gasteiger partial charge >= 0.3 is 0 Å². The topological polar surface area (TPSA) is 53.1 Å². The first-order chi connectivity index (χ1) is 7.27. The summed E-state index contributed by atoms with van der Waals surface area (Å²) in [5, 5.41) is 0. The number of aromatic nitrogens is 2. The van der Waals surface area contributed by atoms with E-state index in [1.807, 2.05) is 19.4 Å². The molecule has 84 valence electrons. The molecule has 1 aromatic rings. The van der Waals surface area contributed by atoms with Crippen LogP contribution in [0, 0.1) is 5.92 Å². The molecule has 0 amide bonds. The second-order valence-electron chi connectivity index (χ2n) is 4.34. The minimum atomic E-state index is 0.0528. The summed E-state index contributed by atoms with van der Waals surface area (Å²) in [7, 11) is 0. The summed E-state index contributed by atoms with van der Waals surface area (Å²) < 4.78 is 7.62. The third kappa shape index (κ3) is 2.58. The van der Waals surface area contributed by atoms with E-state index >= 15 is 0 Å². The van der Waals surface area contributed by atoms with Crippen LogP contribution in [0.3, 0.4) is 0 Å². The molecule has 1 aliphatic heterocycles. The van der Waals surface area contributed by atoms with Crippen molar-refractivity contribution in [2.45, 2.75) is 32.4 Å². The van der Waals surface area contributed by atoms with Gasteiger partial charge in [0.05, 0.1) is 18.6 Å². The molecule has 2 rings (SSSR count). The van der Waals surface area contributed by atoms with Crippen LogP contribution in [-0.4, -0.2) is 22.8 Å². The van der Waals surface area contributed by atoms with Crippen molar-refractivity contribution in [3.8, 4) is 0 Å². The molecule has 0 bridgehead atoms. The Morgan fingerprint density at radius 1 is 1.73 bits per heavy atom. The number of hydrogen-bond acceptors (Lipinski definition) is 3. The summed E-state index contributed by atoms with van der Waals surface area (Å²) in [6.45, 7) is 4.76. The summed E-state index contributed by atoms with van der Waals surface area (Å²) in [6.07, 6.45) is 6.14. The zero-order valence-electron chi connectivity index (χ0n) is 9.22. The van der Waals surface area contributed by atoms with E-state index in [2.05, 4.69) is 9.55 Å². The molecule has 0 aromatic carbocycles. The Labute approximate surface area is 90.4 Å². The SMILES string of the molecule is C[C@H](N)c1cncn1CC1CCCOC1. The average molecular weight is 209 g/mol. The second-order valence-corrected chi connectivity index (χ2v) is 4.34. The number of ether oxygens (including phenoxy) is 1. The predicted octanol–water partition coefficient (Wildman–Crippen LogP) is 1.33. The highest BCUT2D eigenvalue weighted by atomic mass is 16.5. The van der Waals surface area contributed by atoms with Crippen molar-refractivity contribution < 1.29 is 4.74 Å². The molecule has 2 heterocycles. The molecule has 0 aliphatic carbocycles. The number of nitrogens with two attached hydrogens (primary N) is 1. The van der Waals surface area contributed by atoms with Crippen LogP contribution in [0.15, 0.2) is 12.5 Å². The van der Waals surface area contributed by atoms with Gasteiger partial charge in [-0.25, -0.2) is 4.98 Å². The Hall–Kier alpha value is -0.870. The van der Waals surface area contributed by atoms with Crippen LogP contribution in [-0.2, 0) is 11.3 Å². The molecular weight excluding hydrogens is 190 g/mol. The van der Waals surface area contributed by atoms with Gasteiger partial charge in [-0.2, -0.15) is 0 Å². The lowest BCUT2D eigenvalue weighted by Crippen LogP contribution is -2.23. The number of imidazole rings is 1. The van der Waals surface area contributed by atoms with E-state index in [9.17, 15) is 0 Å². The maximum absolute atomic E-state index is 5.87. The van der Waals surface area contributed by atoms with Crippen LogP contribution >= 0.6 is 0 Å². The first-order valence-corrected chi connectivity index (χ1v) is 5.60. The fraction of sp³-hybridized carbons (Fsp3) is 0.727. The van der Waals surface area contributed by atoms with Gasteiger partial charge in [0.25, 0.3) is 0 Å². The lowest BCUT2D eigenvalue weighted by Gasteiger charge is -2.23. The molecule has 1 aliphatic rings. The summed E-state index contributed by atoms with van der Waals surface area (Å²) in [4.78, 5) is 4.15. The molecule has 4 nitrogen and oxygen atoms in total. The fourth-order valence-corrected chi connectivity index (χ4v) is 2.09. The average Bonchev–Trinajstić information content (AvgIpc) is 2.67. The van der Waals surface area contributed by atoms with Crippen molar-refractivity contribution in [3.63, 3.8) is 0 Å². The van der Waals surface area contributed by atoms with Crippen molar-refractivity contribution in [1.29, 1.82) is 0 Å². The number of hydrogen-bond donors (Lipinski definition) is 1. The van der Waals surface area contributed by atoms with E-state index in [-0.39, 0.29) is 6.04 Å². The van der Waals surface area contributed by atoms with Crippen molar-refractivity contribution in [1.82, 2.24) is 9.55 Å². The predicted molar refractivity (Wildman–Crippen MR) is 58.4 cm³/mol. The van der Waals surface area contributed by atoms with Gasteiger partial charge in [0.1, 0.15) is 0 Å². The van der Waals surface area contributed by atoms with Gasteiger partial charge in [0.2, 0.25) is 0 Å². The Morgan fingerprint density at radius 3 is 3.27 bits per heavy atom. The van der Waals surface area contributed by atoms with Crippen LogP contribution < -0.4 is 5.73 Å². The van der Waals surface area contributed by atoms with Gasteiger partial charge in [0, 0.05) is 31.3 Å². The number of rotatable bonds is 3. The zero-order valence-corrected chi connectivity index (χ0v) is 9.22. The Morgan fingerprint density at radius 2 is 2.60 bits per heavy atom. The second kappa shape index (κ2) is 4.77. The van der Waals surface area contributed by atoms with Crippen LogP contribution in [0.25, 0.3) is 0 Å². The van der Waals surface area contributed by atoms with E-state index in [1.54, 1.807) is 0 Å². The lowest BCUT2D eigenvalue weighted by atomic mass is 10.0. The third-order valence-electron chi connectivity index (χ3n) is 2.92. The Bertz CT molecular complexity index is 303. The van der Waals surface area contributed by atoms with Gasteiger partial charge in [-0.15, -0.1) is 0 Å². The minimum Gasteiger partial charge on any atom is -0.381 e. The molecule has 4 heteroatoms. The smallest absolute Gasteiger partial charge is 0.0948 e. The Balaban J connectivity index is 1.99. The molecule has 1 fully saturated rings. The molecule has 0 saturated carbocycles.